The van der Waals surface area contributed by atoms with Crippen LogP contribution < -0.4 is 0 Å². The molecule has 3 fully saturated rings. The maximum atomic E-state index is 12.9. The number of β-lactam (4-membered cyclic amide) rings is 1. The molecule has 3 aliphatic rings. The second-order valence-corrected chi connectivity index (χ2v) is 7.28. The van der Waals surface area contributed by atoms with E-state index in [4.69, 9.17) is 0 Å². The first-order valence-corrected chi connectivity index (χ1v) is 7.73. The predicted molar refractivity (Wildman–Crippen MR) is 72.6 cm³/mol. The summed E-state index contributed by atoms with van der Waals surface area (Å²) >= 11 is 0. The number of likely N-dealkylation sites (tertiary alicyclic amines) is 2. The first kappa shape index (κ1) is 14.2. The van der Waals surface area contributed by atoms with Crippen molar-refractivity contribution in [3.8, 4) is 0 Å². The molecule has 0 aromatic carbocycles. The van der Waals surface area contributed by atoms with Crippen molar-refractivity contribution < 1.29 is 13.6 Å². The largest absolute Gasteiger partial charge is 0.339 e. The molecule has 0 bridgehead atoms. The molecule has 3 nitrogen and oxygen atoms in total. The lowest BCUT2D eigenvalue weighted by Gasteiger charge is -2.55. The Morgan fingerprint density at radius 2 is 2.00 bits per heavy atom. The summed E-state index contributed by atoms with van der Waals surface area (Å²) in [4.78, 5) is 16.6. The summed E-state index contributed by atoms with van der Waals surface area (Å²) in [5.74, 6) is -2.04. The van der Waals surface area contributed by atoms with Crippen LogP contribution in [-0.4, -0.2) is 53.9 Å². The summed E-state index contributed by atoms with van der Waals surface area (Å²) in [5, 5.41) is 0. The molecule has 3 rings (SSSR count). The summed E-state index contributed by atoms with van der Waals surface area (Å²) in [5.41, 5.74) is -0.200. The van der Waals surface area contributed by atoms with Crippen LogP contribution in [0.3, 0.4) is 0 Å². The van der Waals surface area contributed by atoms with E-state index < -0.39 is 5.92 Å². The van der Waals surface area contributed by atoms with Gasteiger partial charge in [0.1, 0.15) is 0 Å². The summed E-state index contributed by atoms with van der Waals surface area (Å²) in [6, 6.07) is 0.272. The van der Waals surface area contributed by atoms with Gasteiger partial charge >= 0.3 is 0 Å². The van der Waals surface area contributed by atoms with E-state index in [-0.39, 0.29) is 36.1 Å². The van der Waals surface area contributed by atoms with E-state index in [9.17, 15) is 13.6 Å². The number of piperidine rings is 1. The van der Waals surface area contributed by atoms with Gasteiger partial charge in [-0.05, 0) is 39.2 Å². The number of hydrogen-bond donors (Lipinski definition) is 0. The Bertz CT molecular complexity index is 405. The minimum atomic E-state index is -2.43. The summed E-state index contributed by atoms with van der Waals surface area (Å²) in [7, 11) is 0. The Labute approximate surface area is 119 Å². The van der Waals surface area contributed by atoms with Gasteiger partial charge in [0, 0.05) is 38.5 Å². The van der Waals surface area contributed by atoms with Gasteiger partial charge in [-0.15, -0.1) is 0 Å². The van der Waals surface area contributed by atoms with Crippen molar-refractivity contribution in [2.45, 2.75) is 51.5 Å². The Morgan fingerprint density at radius 3 is 2.55 bits per heavy atom. The van der Waals surface area contributed by atoms with Gasteiger partial charge in [-0.3, -0.25) is 4.79 Å². The predicted octanol–water partition coefficient (Wildman–Crippen LogP) is 2.36. The SMILES string of the molecule is CC(C)N1C[C@]2(CCCN(CC3CC(F)(F)C3)C2)C1=O. The first-order chi connectivity index (χ1) is 9.31. The smallest absolute Gasteiger partial charge is 0.248 e. The Balaban J connectivity index is 1.54. The molecule has 2 aliphatic heterocycles. The zero-order valence-corrected chi connectivity index (χ0v) is 12.4. The van der Waals surface area contributed by atoms with E-state index in [0.29, 0.717) is 0 Å². The average Bonchev–Trinajstić information content (AvgIpc) is 2.33. The third-order valence-electron chi connectivity index (χ3n) is 5.16. The fourth-order valence-corrected chi connectivity index (χ4v) is 4.06. The number of carbonyl (C=O) groups is 1. The van der Waals surface area contributed by atoms with Crippen LogP contribution in [0.15, 0.2) is 0 Å². The van der Waals surface area contributed by atoms with Crippen molar-refractivity contribution in [2.75, 3.05) is 26.2 Å². The lowest BCUT2D eigenvalue weighted by molar-refractivity contribution is -0.171. The van der Waals surface area contributed by atoms with Crippen molar-refractivity contribution >= 4 is 5.91 Å². The van der Waals surface area contributed by atoms with Gasteiger partial charge in [-0.1, -0.05) is 0 Å². The van der Waals surface area contributed by atoms with Crippen LogP contribution in [0.5, 0.6) is 0 Å². The van der Waals surface area contributed by atoms with Crippen LogP contribution in [0.2, 0.25) is 0 Å². The first-order valence-electron chi connectivity index (χ1n) is 7.73. The third-order valence-corrected chi connectivity index (χ3v) is 5.16. The van der Waals surface area contributed by atoms with Gasteiger partial charge in [0.2, 0.25) is 11.8 Å². The maximum Gasteiger partial charge on any atom is 0.248 e. The normalized spacial score (nSPS) is 34.5. The van der Waals surface area contributed by atoms with Crippen molar-refractivity contribution in [2.24, 2.45) is 11.3 Å². The minimum Gasteiger partial charge on any atom is -0.339 e. The highest BCUT2D eigenvalue weighted by Crippen LogP contribution is 2.45. The van der Waals surface area contributed by atoms with E-state index in [2.05, 4.69) is 4.90 Å². The number of alkyl halides is 2. The second-order valence-electron chi connectivity index (χ2n) is 7.28. The monoisotopic (exact) mass is 286 g/mol. The molecule has 1 atom stereocenters. The molecule has 1 amide bonds. The molecule has 1 spiro atoms. The van der Waals surface area contributed by atoms with Crippen LogP contribution in [0.4, 0.5) is 8.78 Å². The van der Waals surface area contributed by atoms with Crippen LogP contribution in [0.1, 0.15) is 39.5 Å². The number of amides is 1. The molecular weight excluding hydrogens is 262 g/mol. The van der Waals surface area contributed by atoms with Crippen molar-refractivity contribution in [1.82, 2.24) is 9.80 Å². The van der Waals surface area contributed by atoms with Gasteiger partial charge in [-0.25, -0.2) is 8.78 Å². The van der Waals surface area contributed by atoms with Crippen molar-refractivity contribution in [1.29, 1.82) is 0 Å². The molecule has 0 N–H and O–H groups in total. The topological polar surface area (TPSA) is 23.6 Å². The second kappa shape index (κ2) is 4.65. The lowest BCUT2D eigenvalue weighted by atomic mass is 9.71. The van der Waals surface area contributed by atoms with E-state index >= 15 is 0 Å². The molecule has 0 radical (unpaired) electrons. The van der Waals surface area contributed by atoms with E-state index in [1.165, 1.54) is 0 Å². The van der Waals surface area contributed by atoms with E-state index in [1.54, 1.807) is 0 Å². The highest BCUT2D eigenvalue weighted by Gasteiger charge is 2.55. The quantitative estimate of drug-likeness (QED) is 0.744. The minimum absolute atomic E-state index is 0.0303. The molecule has 0 aromatic rings. The van der Waals surface area contributed by atoms with Crippen LogP contribution in [0, 0.1) is 11.3 Å². The molecule has 20 heavy (non-hydrogen) atoms. The molecule has 5 heteroatoms. The van der Waals surface area contributed by atoms with E-state index in [1.807, 2.05) is 18.7 Å². The van der Waals surface area contributed by atoms with Gasteiger partial charge in [0.05, 0.1) is 5.41 Å². The summed E-state index contributed by atoms with van der Waals surface area (Å²) in [6.45, 7) is 7.41. The molecule has 2 saturated heterocycles. The molecule has 1 saturated carbocycles. The maximum absolute atomic E-state index is 12.9. The summed E-state index contributed by atoms with van der Waals surface area (Å²) in [6.07, 6.45) is 2.04. The molecule has 1 aliphatic carbocycles. The summed E-state index contributed by atoms with van der Waals surface area (Å²) < 4.78 is 25.8. The number of nitrogens with zero attached hydrogens (tertiary/aromatic N) is 2. The lowest BCUT2D eigenvalue weighted by Crippen LogP contribution is -2.68. The fourth-order valence-electron chi connectivity index (χ4n) is 4.06. The van der Waals surface area contributed by atoms with Gasteiger partial charge in [0.25, 0.3) is 0 Å². The highest BCUT2D eigenvalue weighted by molar-refractivity contribution is 5.89. The number of rotatable bonds is 3. The third kappa shape index (κ3) is 2.34. The number of halogens is 2. The zero-order valence-electron chi connectivity index (χ0n) is 12.4. The molecule has 2 heterocycles. The molecular formula is C15H24F2N2O. The van der Waals surface area contributed by atoms with E-state index in [0.717, 1.165) is 39.0 Å². The van der Waals surface area contributed by atoms with Crippen molar-refractivity contribution in [3.63, 3.8) is 0 Å². The highest BCUT2D eigenvalue weighted by atomic mass is 19.3. The molecule has 0 unspecified atom stereocenters. The van der Waals surface area contributed by atoms with Crippen LogP contribution in [0.25, 0.3) is 0 Å². The van der Waals surface area contributed by atoms with Gasteiger partial charge in [-0.2, -0.15) is 0 Å². The standard InChI is InChI=1S/C15H24F2N2O/c1-11(2)19-10-14(13(19)20)4-3-5-18(9-14)8-12-6-15(16,17)7-12/h11-12H,3-10H2,1-2H3/t14-/m1/s1. The van der Waals surface area contributed by atoms with Crippen molar-refractivity contribution in [3.05, 3.63) is 0 Å². The Hall–Kier alpha value is -0.710. The molecule has 114 valence electrons. The average molecular weight is 286 g/mol. The number of carbonyl (C=O) groups excluding carboxylic acids is 1. The van der Waals surface area contributed by atoms with Crippen LogP contribution >= 0.6 is 0 Å². The Kier molecular flexibility index (Phi) is 3.31. The van der Waals surface area contributed by atoms with Gasteiger partial charge < -0.3 is 9.80 Å². The van der Waals surface area contributed by atoms with Crippen LogP contribution in [-0.2, 0) is 4.79 Å². The number of hydrogen-bond acceptors (Lipinski definition) is 2. The fraction of sp³-hybridized carbons (Fsp3) is 0.933. The van der Waals surface area contributed by atoms with Gasteiger partial charge in [0.15, 0.2) is 0 Å². The Morgan fingerprint density at radius 1 is 1.30 bits per heavy atom. The molecule has 0 aromatic heterocycles. The zero-order chi connectivity index (χ0) is 14.5.